The number of nitrogens with zero attached hydrogens (tertiary/aromatic N) is 2. The molecule has 6 heteroatoms. The maximum atomic E-state index is 13.3. The summed E-state index contributed by atoms with van der Waals surface area (Å²) in [5, 5.41) is 0.340. The van der Waals surface area contributed by atoms with E-state index in [1.165, 1.54) is 10.5 Å². The van der Waals surface area contributed by atoms with E-state index >= 15 is 0 Å². The summed E-state index contributed by atoms with van der Waals surface area (Å²) >= 11 is 6.41. The number of carbonyl (C=O) groups excluding carboxylic acids is 3. The Bertz CT molecular complexity index is 1100. The van der Waals surface area contributed by atoms with Crippen LogP contribution in [0, 0.1) is 23.7 Å². The van der Waals surface area contributed by atoms with Gasteiger partial charge in [-0.3, -0.25) is 19.3 Å². The summed E-state index contributed by atoms with van der Waals surface area (Å²) in [6.07, 6.45) is 3.88. The van der Waals surface area contributed by atoms with Gasteiger partial charge in [-0.05, 0) is 66.8 Å². The highest BCUT2D eigenvalue weighted by Gasteiger charge is 2.61. The van der Waals surface area contributed by atoms with Gasteiger partial charge in [-0.25, -0.2) is 0 Å². The highest BCUT2D eigenvalue weighted by Crippen LogP contribution is 2.56. The molecule has 2 aromatic carbocycles. The van der Waals surface area contributed by atoms with Crippen LogP contribution in [-0.4, -0.2) is 29.2 Å². The first-order valence-corrected chi connectivity index (χ1v) is 11.4. The van der Waals surface area contributed by atoms with Crippen molar-refractivity contribution in [2.24, 2.45) is 23.7 Å². The fourth-order valence-corrected chi connectivity index (χ4v) is 6.52. The summed E-state index contributed by atoms with van der Waals surface area (Å²) in [5.41, 5.74) is 3.22. The molecule has 2 aromatic rings. The van der Waals surface area contributed by atoms with Crippen molar-refractivity contribution >= 4 is 35.0 Å². The SMILES string of the molecule is O=C(c1cc(N2C(=O)[C@H]3[C@H]4CC[C@@H](C4)[C@@H]3C2=O)ccc1Cl)N1CCc2ccccc2C1. The molecular weight excluding hydrogens is 412 g/mol. The Labute approximate surface area is 186 Å². The number of hydrogen-bond donors (Lipinski definition) is 0. The summed E-state index contributed by atoms with van der Waals surface area (Å²) in [4.78, 5) is 42.8. The fraction of sp³-hybridized carbons (Fsp3) is 0.400. The van der Waals surface area contributed by atoms with Crippen LogP contribution in [0.4, 0.5) is 5.69 Å². The molecule has 2 aliphatic heterocycles. The van der Waals surface area contributed by atoms with E-state index < -0.39 is 0 Å². The quantitative estimate of drug-likeness (QED) is 0.669. The molecule has 0 N–H and O–H groups in total. The lowest BCUT2D eigenvalue weighted by molar-refractivity contribution is -0.123. The van der Waals surface area contributed by atoms with Crippen LogP contribution in [0.3, 0.4) is 0 Å². The minimum absolute atomic E-state index is 0.102. The van der Waals surface area contributed by atoms with Crippen molar-refractivity contribution in [3.63, 3.8) is 0 Å². The second-order valence-electron chi connectivity index (χ2n) is 9.31. The molecule has 31 heavy (non-hydrogen) atoms. The molecule has 0 aromatic heterocycles. The molecular formula is C25H23ClN2O3. The Morgan fingerprint density at radius 3 is 2.32 bits per heavy atom. The normalized spacial score (nSPS) is 28.8. The topological polar surface area (TPSA) is 57.7 Å². The van der Waals surface area contributed by atoms with Crippen molar-refractivity contribution in [3.05, 3.63) is 64.2 Å². The molecule has 2 saturated carbocycles. The molecule has 0 spiro atoms. The Hall–Kier alpha value is -2.66. The average Bonchev–Trinajstić information content (AvgIpc) is 3.47. The molecule has 158 valence electrons. The van der Waals surface area contributed by atoms with Crippen LogP contribution in [0.5, 0.6) is 0 Å². The zero-order valence-corrected chi connectivity index (χ0v) is 17.8. The number of halogens is 1. The average molecular weight is 435 g/mol. The molecule has 2 bridgehead atoms. The van der Waals surface area contributed by atoms with Crippen LogP contribution in [0.2, 0.25) is 5.02 Å². The van der Waals surface area contributed by atoms with Gasteiger partial charge in [0.2, 0.25) is 11.8 Å². The third kappa shape index (κ3) is 2.79. The standard InChI is InChI=1S/C25H23ClN2O3/c26-20-8-7-18(28-24(30)21-15-5-6-16(11-15)22(21)25(28)31)12-19(20)23(29)27-10-9-14-3-1-2-4-17(14)13-27/h1-4,7-8,12,15-16,21-22H,5-6,9-11,13H2/t15-,16-,21-,22-/m0/s1. The van der Waals surface area contributed by atoms with Gasteiger partial charge >= 0.3 is 0 Å². The van der Waals surface area contributed by atoms with Crippen LogP contribution in [0.15, 0.2) is 42.5 Å². The second-order valence-corrected chi connectivity index (χ2v) is 9.71. The van der Waals surface area contributed by atoms with Gasteiger partial charge in [-0.15, -0.1) is 0 Å². The third-order valence-electron chi connectivity index (χ3n) is 7.78. The van der Waals surface area contributed by atoms with Gasteiger partial charge in [0.05, 0.1) is 28.1 Å². The Morgan fingerprint density at radius 2 is 1.61 bits per heavy atom. The van der Waals surface area contributed by atoms with Gasteiger partial charge in [-0.1, -0.05) is 35.9 Å². The minimum atomic E-state index is -0.181. The van der Waals surface area contributed by atoms with Gasteiger partial charge in [-0.2, -0.15) is 0 Å². The van der Waals surface area contributed by atoms with Crippen molar-refractivity contribution in [3.8, 4) is 0 Å². The number of carbonyl (C=O) groups is 3. The monoisotopic (exact) mass is 434 g/mol. The first-order chi connectivity index (χ1) is 15.0. The maximum absolute atomic E-state index is 13.3. The zero-order valence-electron chi connectivity index (χ0n) is 17.1. The molecule has 2 aliphatic carbocycles. The summed E-state index contributed by atoms with van der Waals surface area (Å²) in [6.45, 7) is 1.15. The van der Waals surface area contributed by atoms with E-state index in [1.807, 2.05) is 18.2 Å². The largest absolute Gasteiger partial charge is 0.334 e. The van der Waals surface area contributed by atoms with E-state index in [2.05, 4.69) is 6.07 Å². The van der Waals surface area contributed by atoms with E-state index in [4.69, 9.17) is 11.6 Å². The van der Waals surface area contributed by atoms with Crippen LogP contribution < -0.4 is 4.90 Å². The van der Waals surface area contributed by atoms with Crippen LogP contribution >= 0.6 is 11.6 Å². The Balaban J connectivity index is 1.30. The van der Waals surface area contributed by atoms with Crippen molar-refractivity contribution in [2.45, 2.75) is 32.2 Å². The van der Waals surface area contributed by atoms with Gasteiger partial charge in [0.1, 0.15) is 0 Å². The number of amides is 3. The van der Waals surface area contributed by atoms with E-state index in [9.17, 15) is 14.4 Å². The molecule has 5 nitrogen and oxygen atoms in total. The molecule has 4 aliphatic rings. The Kier molecular flexibility index (Phi) is 4.26. The zero-order chi connectivity index (χ0) is 21.3. The van der Waals surface area contributed by atoms with Crippen molar-refractivity contribution in [1.29, 1.82) is 0 Å². The lowest BCUT2D eigenvalue weighted by atomic mass is 9.81. The van der Waals surface area contributed by atoms with Gasteiger partial charge in [0.25, 0.3) is 5.91 Å². The Morgan fingerprint density at radius 1 is 0.935 bits per heavy atom. The summed E-state index contributed by atoms with van der Waals surface area (Å²) in [5.74, 6) is -0.0683. The van der Waals surface area contributed by atoms with Gasteiger partial charge in [0, 0.05) is 13.1 Å². The van der Waals surface area contributed by atoms with Crippen LogP contribution in [0.1, 0.15) is 40.7 Å². The number of imide groups is 1. The second kappa shape index (κ2) is 6.92. The van der Waals surface area contributed by atoms with E-state index in [0.717, 1.165) is 31.2 Å². The summed E-state index contributed by atoms with van der Waals surface area (Å²) in [6, 6.07) is 13.1. The number of benzene rings is 2. The van der Waals surface area contributed by atoms with E-state index in [-0.39, 0.29) is 29.6 Å². The maximum Gasteiger partial charge on any atom is 0.255 e. The molecule has 1 saturated heterocycles. The number of hydrogen-bond acceptors (Lipinski definition) is 3. The summed E-state index contributed by atoms with van der Waals surface area (Å²) in [7, 11) is 0. The molecule has 2 heterocycles. The molecule has 0 unspecified atom stereocenters. The predicted molar refractivity (Wildman–Crippen MR) is 117 cm³/mol. The molecule has 4 atom stereocenters. The third-order valence-corrected chi connectivity index (χ3v) is 8.11. The highest BCUT2D eigenvalue weighted by molar-refractivity contribution is 6.34. The van der Waals surface area contributed by atoms with Crippen molar-refractivity contribution in [2.75, 3.05) is 11.4 Å². The smallest absolute Gasteiger partial charge is 0.255 e. The number of anilines is 1. The minimum Gasteiger partial charge on any atom is -0.334 e. The first-order valence-electron chi connectivity index (χ1n) is 11.1. The predicted octanol–water partition coefficient (Wildman–Crippen LogP) is 4.07. The van der Waals surface area contributed by atoms with E-state index in [1.54, 1.807) is 23.1 Å². The fourth-order valence-electron chi connectivity index (χ4n) is 6.32. The first kappa shape index (κ1) is 19.1. The molecule has 3 fully saturated rings. The van der Waals surface area contributed by atoms with Crippen molar-refractivity contribution < 1.29 is 14.4 Å². The van der Waals surface area contributed by atoms with E-state index in [0.29, 0.717) is 41.2 Å². The van der Waals surface area contributed by atoms with Crippen LogP contribution in [0.25, 0.3) is 0 Å². The lowest BCUT2D eigenvalue weighted by Crippen LogP contribution is -2.36. The number of fused-ring (bicyclic) bond motifs is 6. The van der Waals surface area contributed by atoms with Crippen LogP contribution in [-0.2, 0) is 22.6 Å². The summed E-state index contributed by atoms with van der Waals surface area (Å²) < 4.78 is 0. The molecule has 6 rings (SSSR count). The highest BCUT2D eigenvalue weighted by atomic mass is 35.5. The van der Waals surface area contributed by atoms with Gasteiger partial charge in [0.15, 0.2) is 0 Å². The molecule has 3 amide bonds. The molecule has 0 radical (unpaired) electrons. The number of rotatable bonds is 2. The lowest BCUT2D eigenvalue weighted by Gasteiger charge is -2.29. The van der Waals surface area contributed by atoms with Gasteiger partial charge < -0.3 is 4.90 Å². The van der Waals surface area contributed by atoms with Crippen molar-refractivity contribution in [1.82, 2.24) is 4.90 Å².